The lowest BCUT2D eigenvalue weighted by Gasteiger charge is -2.31. The predicted molar refractivity (Wildman–Crippen MR) is 84.3 cm³/mol. The van der Waals surface area contributed by atoms with Crippen LogP contribution in [0.25, 0.3) is 0 Å². The predicted octanol–water partition coefficient (Wildman–Crippen LogP) is 2.10. The first kappa shape index (κ1) is 15.9. The summed E-state index contributed by atoms with van der Waals surface area (Å²) in [7, 11) is -3.38. The highest BCUT2D eigenvalue weighted by atomic mass is 32.2. The Morgan fingerprint density at radius 3 is 2.10 bits per heavy atom. The topological polar surface area (TPSA) is 40.6 Å². The molecule has 1 aliphatic heterocycles. The zero-order chi connectivity index (χ0) is 15.5. The Kier molecular flexibility index (Phi) is 4.92. The van der Waals surface area contributed by atoms with E-state index >= 15 is 0 Å². The normalized spacial score (nSPS) is 16.7. The number of piperazine rings is 1. The first-order valence-corrected chi connectivity index (χ1v) is 8.66. The highest BCUT2D eigenvalue weighted by Crippen LogP contribution is 2.21. The Morgan fingerprint density at radius 1 is 1.05 bits per heavy atom. The maximum absolute atomic E-state index is 12.6. The van der Waals surface area contributed by atoms with Crippen LogP contribution in [0, 0.1) is 12.0 Å². The molecule has 0 spiro atoms. The van der Waals surface area contributed by atoms with E-state index in [1.54, 1.807) is 23.4 Å². The number of rotatable bonds is 3. The molecule has 1 aliphatic rings. The van der Waals surface area contributed by atoms with Crippen LogP contribution in [0.4, 0.5) is 0 Å². The summed E-state index contributed by atoms with van der Waals surface area (Å²) >= 11 is 0. The van der Waals surface area contributed by atoms with Gasteiger partial charge in [0.05, 0.1) is 4.90 Å². The average Bonchev–Trinajstić information content (AvgIpc) is 2.48. The summed E-state index contributed by atoms with van der Waals surface area (Å²) in [6.07, 6.45) is 0. The molecule has 1 fully saturated rings. The average molecular weight is 306 g/mol. The fraction of sp³-hybridized carbons (Fsp3) is 0.500. The summed E-state index contributed by atoms with van der Waals surface area (Å²) < 4.78 is 26.8. The molecule has 0 aromatic heterocycles. The molecule has 4 nitrogen and oxygen atoms in total. The zero-order valence-corrected chi connectivity index (χ0v) is 13.7. The van der Waals surface area contributed by atoms with Gasteiger partial charge in [-0.3, -0.25) is 0 Å². The second-order valence-corrected chi connectivity index (χ2v) is 7.41. The Hall–Kier alpha value is -1.51. The Bertz CT molecular complexity index is 631. The molecule has 0 saturated carbocycles. The van der Waals surface area contributed by atoms with Gasteiger partial charge in [0.1, 0.15) is 0 Å². The van der Waals surface area contributed by atoms with Crippen molar-refractivity contribution in [3.8, 4) is 12.0 Å². The van der Waals surface area contributed by atoms with Gasteiger partial charge in [0.15, 0.2) is 0 Å². The standard InChI is InChI=1S/C16H22N2O2S/c1-4-9-17-10-12-18(13-11-17)21(19,20)16-7-5-15(6-8-16)14(2)3/h5-8,14H,10-13H2,1-3H3. The van der Waals surface area contributed by atoms with E-state index in [1.807, 2.05) is 17.0 Å². The minimum absolute atomic E-state index is 0.377. The van der Waals surface area contributed by atoms with Gasteiger partial charge >= 0.3 is 0 Å². The molecule has 114 valence electrons. The van der Waals surface area contributed by atoms with Gasteiger partial charge in [-0.2, -0.15) is 4.31 Å². The van der Waals surface area contributed by atoms with Crippen molar-refractivity contribution in [3.05, 3.63) is 29.8 Å². The van der Waals surface area contributed by atoms with E-state index < -0.39 is 10.0 Å². The van der Waals surface area contributed by atoms with Gasteiger partial charge in [-0.1, -0.05) is 31.9 Å². The smallest absolute Gasteiger partial charge is 0.243 e. The summed E-state index contributed by atoms with van der Waals surface area (Å²) in [6.45, 7) is 8.27. The third-order valence-electron chi connectivity index (χ3n) is 3.69. The monoisotopic (exact) mass is 306 g/mol. The van der Waals surface area contributed by atoms with Crippen LogP contribution in [-0.2, 0) is 10.0 Å². The van der Waals surface area contributed by atoms with Crippen molar-refractivity contribution in [1.29, 1.82) is 0 Å². The highest BCUT2D eigenvalue weighted by molar-refractivity contribution is 7.89. The van der Waals surface area contributed by atoms with Gasteiger partial charge in [0.25, 0.3) is 0 Å². The van der Waals surface area contributed by atoms with Crippen molar-refractivity contribution in [2.24, 2.45) is 0 Å². The lowest BCUT2D eigenvalue weighted by Crippen LogP contribution is -2.46. The minimum atomic E-state index is -3.38. The maximum Gasteiger partial charge on any atom is 0.243 e. The summed E-state index contributed by atoms with van der Waals surface area (Å²) in [5.74, 6) is 3.25. The van der Waals surface area contributed by atoms with E-state index in [0.29, 0.717) is 37.0 Å². The molecule has 1 heterocycles. The minimum Gasteiger partial charge on any atom is -0.330 e. The van der Waals surface area contributed by atoms with E-state index in [0.717, 1.165) is 5.56 Å². The van der Waals surface area contributed by atoms with Crippen molar-refractivity contribution in [1.82, 2.24) is 9.21 Å². The number of sulfonamides is 1. The lowest BCUT2D eigenvalue weighted by atomic mass is 10.0. The molecule has 0 unspecified atom stereocenters. The van der Waals surface area contributed by atoms with Gasteiger partial charge in [0.2, 0.25) is 10.0 Å². The van der Waals surface area contributed by atoms with Crippen molar-refractivity contribution >= 4 is 10.0 Å². The molecular formula is C16H22N2O2S. The van der Waals surface area contributed by atoms with Crippen molar-refractivity contribution in [2.75, 3.05) is 26.2 Å². The molecule has 5 heteroatoms. The van der Waals surface area contributed by atoms with Gasteiger partial charge in [-0.05, 0) is 30.5 Å². The molecule has 21 heavy (non-hydrogen) atoms. The summed E-state index contributed by atoms with van der Waals surface area (Å²) in [6, 6.07) is 10.2. The Morgan fingerprint density at radius 2 is 1.62 bits per heavy atom. The van der Waals surface area contributed by atoms with Crippen molar-refractivity contribution in [2.45, 2.75) is 31.6 Å². The molecule has 0 atom stereocenters. The van der Waals surface area contributed by atoms with Gasteiger partial charge in [-0.25, -0.2) is 8.42 Å². The van der Waals surface area contributed by atoms with E-state index in [2.05, 4.69) is 25.8 Å². The van der Waals surface area contributed by atoms with E-state index in [4.69, 9.17) is 0 Å². The van der Waals surface area contributed by atoms with Crippen LogP contribution in [0.5, 0.6) is 0 Å². The summed E-state index contributed by atoms with van der Waals surface area (Å²) in [5, 5.41) is 0. The molecule has 1 saturated heterocycles. The Balaban J connectivity index is 2.13. The van der Waals surface area contributed by atoms with Crippen LogP contribution in [0.1, 0.15) is 32.3 Å². The van der Waals surface area contributed by atoms with Gasteiger partial charge < -0.3 is 4.90 Å². The third kappa shape index (κ3) is 3.58. The zero-order valence-electron chi connectivity index (χ0n) is 12.8. The van der Waals surface area contributed by atoms with E-state index in [9.17, 15) is 8.42 Å². The molecule has 0 N–H and O–H groups in total. The third-order valence-corrected chi connectivity index (χ3v) is 5.61. The van der Waals surface area contributed by atoms with Crippen LogP contribution in [0.3, 0.4) is 0 Å². The molecule has 1 aromatic rings. The first-order chi connectivity index (χ1) is 9.95. The van der Waals surface area contributed by atoms with E-state index in [1.165, 1.54) is 0 Å². The molecule has 0 amide bonds. The van der Waals surface area contributed by atoms with Crippen molar-refractivity contribution < 1.29 is 8.42 Å². The number of nitrogens with zero attached hydrogens (tertiary/aromatic N) is 2. The molecule has 0 bridgehead atoms. The Labute approximate surface area is 127 Å². The summed E-state index contributed by atoms with van der Waals surface area (Å²) in [5.41, 5.74) is 1.15. The van der Waals surface area contributed by atoms with Crippen LogP contribution < -0.4 is 0 Å². The quantitative estimate of drug-likeness (QED) is 0.803. The second kappa shape index (κ2) is 6.50. The molecule has 0 aliphatic carbocycles. The molecule has 0 radical (unpaired) electrons. The number of hydrogen-bond donors (Lipinski definition) is 0. The molecule has 1 aromatic carbocycles. The number of hydrogen-bond acceptors (Lipinski definition) is 3. The van der Waals surface area contributed by atoms with E-state index in [-0.39, 0.29) is 0 Å². The number of benzene rings is 1. The largest absolute Gasteiger partial charge is 0.330 e. The van der Waals surface area contributed by atoms with Crippen LogP contribution in [-0.4, -0.2) is 43.8 Å². The first-order valence-electron chi connectivity index (χ1n) is 7.22. The SMILES string of the molecule is CC#CN1CCN(S(=O)(=O)c2ccc(C(C)C)cc2)CC1. The van der Waals surface area contributed by atoms with Gasteiger partial charge in [0, 0.05) is 32.2 Å². The van der Waals surface area contributed by atoms with Crippen LogP contribution >= 0.6 is 0 Å². The van der Waals surface area contributed by atoms with Crippen LogP contribution in [0.15, 0.2) is 29.2 Å². The summed E-state index contributed by atoms with van der Waals surface area (Å²) in [4.78, 5) is 2.34. The fourth-order valence-electron chi connectivity index (χ4n) is 2.37. The maximum atomic E-state index is 12.6. The van der Waals surface area contributed by atoms with Crippen molar-refractivity contribution in [3.63, 3.8) is 0 Å². The van der Waals surface area contributed by atoms with Gasteiger partial charge in [-0.15, -0.1) is 0 Å². The highest BCUT2D eigenvalue weighted by Gasteiger charge is 2.27. The molecule has 2 rings (SSSR count). The fourth-order valence-corrected chi connectivity index (χ4v) is 3.79. The molecular weight excluding hydrogens is 284 g/mol. The lowest BCUT2D eigenvalue weighted by molar-refractivity contribution is 0.256. The van der Waals surface area contributed by atoms with Crippen LogP contribution in [0.2, 0.25) is 0 Å². The second-order valence-electron chi connectivity index (χ2n) is 5.48.